The smallest absolute Gasteiger partial charge is 0.269 e. The molecule has 30 heavy (non-hydrogen) atoms. The molecule has 0 atom stereocenters. The lowest BCUT2D eigenvalue weighted by atomic mass is 10.1. The van der Waals surface area contributed by atoms with Crippen LogP contribution < -0.4 is 30.4 Å². The average molecular weight is 434 g/mol. The summed E-state index contributed by atoms with van der Waals surface area (Å²) in [5, 5.41) is 12.9. The standard InChI is InChI=1S/C18H18N4O7S/c1-27-13-8-11(9-14(28-2)15(13)29-3)16(23)19-18(30)21-20-17(24)10-4-6-12(7-5-10)22(25)26/h4-9H,1-3H3,(H,20,24)(H2,19,21,23,30). The fourth-order valence-corrected chi connectivity index (χ4v) is 2.48. The quantitative estimate of drug-likeness (QED) is 0.351. The van der Waals surface area contributed by atoms with Gasteiger partial charge in [-0.05, 0) is 36.5 Å². The molecule has 0 aromatic heterocycles. The summed E-state index contributed by atoms with van der Waals surface area (Å²) < 4.78 is 15.6. The summed E-state index contributed by atoms with van der Waals surface area (Å²) in [6, 6.07) is 7.84. The Morgan fingerprint density at radius 2 is 1.47 bits per heavy atom. The highest BCUT2D eigenvalue weighted by Gasteiger charge is 2.18. The number of hydrazine groups is 1. The molecule has 0 aliphatic carbocycles. The number of benzene rings is 2. The zero-order valence-corrected chi connectivity index (χ0v) is 17.0. The molecule has 2 amide bonds. The minimum atomic E-state index is -0.603. The van der Waals surface area contributed by atoms with Gasteiger partial charge < -0.3 is 14.2 Å². The van der Waals surface area contributed by atoms with Crippen LogP contribution in [-0.4, -0.2) is 43.2 Å². The lowest BCUT2D eigenvalue weighted by molar-refractivity contribution is -0.384. The fourth-order valence-electron chi connectivity index (χ4n) is 2.34. The third-order valence-electron chi connectivity index (χ3n) is 3.78. The first-order chi connectivity index (χ1) is 14.3. The summed E-state index contributed by atoms with van der Waals surface area (Å²) in [5.41, 5.74) is 4.85. The number of nitrogens with one attached hydrogen (secondary N) is 3. The molecule has 0 fully saturated rings. The molecule has 0 aliphatic rings. The van der Waals surface area contributed by atoms with Gasteiger partial charge in [0.25, 0.3) is 17.5 Å². The number of amides is 2. The van der Waals surface area contributed by atoms with Crippen molar-refractivity contribution in [2.45, 2.75) is 0 Å². The number of ether oxygens (including phenoxy) is 3. The first kappa shape index (κ1) is 22.4. The number of nitro benzene ring substituents is 1. The second kappa shape index (κ2) is 10.0. The lowest BCUT2D eigenvalue weighted by Crippen LogP contribution is -2.48. The molecule has 0 aliphatic heterocycles. The van der Waals surface area contributed by atoms with Gasteiger partial charge >= 0.3 is 0 Å². The van der Waals surface area contributed by atoms with E-state index in [-0.39, 0.29) is 33.4 Å². The summed E-state index contributed by atoms with van der Waals surface area (Å²) in [7, 11) is 4.27. The number of methoxy groups -OCH3 is 3. The van der Waals surface area contributed by atoms with Crippen molar-refractivity contribution in [1.29, 1.82) is 0 Å². The maximum Gasteiger partial charge on any atom is 0.269 e. The Kier molecular flexibility index (Phi) is 7.47. The van der Waals surface area contributed by atoms with Crippen molar-refractivity contribution in [2.75, 3.05) is 21.3 Å². The van der Waals surface area contributed by atoms with E-state index in [9.17, 15) is 19.7 Å². The molecule has 2 aromatic carbocycles. The van der Waals surface area contributed by atoms with Gasteiger partial charge in [-0.2, -0.15) is 0 Å². The van der Waals surface area contributed by atoms with Crippen molar-refractivity contribution in [3.8, 4) is 17.2 Å². The molecule has 0 radical (unpaired) electrons. The molecule has 0 spiro atoms. The monoisotopic (exact) mass is 434 g/mol. The van der Waals surface area contributed by atoms with Gasteiger partial charge in [-0.25, -0.2) is 0 Å². The van der Waals surface area contributed by atoms with E-state index in [0.29, 0.717) is 5.75 Å². The maximum absolute atomic E-state index is 12.4. The third kappa shape index (κ3) is 5.32. The van der Waals surface area contributed by atoms with E-state index in [1.165, 1.54) is 57.7 Å². The van der Waals surface area contributed by atoms with Crippen molar-refractivity contribution in [3.05, 3.63) is 57.6 Å². The normalized spacial score (nSPS) is 9.83. The van der Waals surface area contributed by atoms with Crippen LogP contribution in [0.15, 0.2) is 36.4 Å². The highest BCUT2D eigenvalue weighted by molar-refractivity contribution is 7.80. The van der Waals surface area contributed by atoms with Gasteiger partial charge in [-0.1, -0.05) is 0 Å². The van der Waals surface area contributed by atoms with E-state index in [1.807, 2.05) is 0 Å². The predicted octanol–water partition coefficient (Wildman–Crippen LogP) is 1.57. The maximum atomic E-state index is 12.4. The lowest BCUT2D eigenvalue weighted by Gasteiger charge is -2.15. The second-order valence-electron chi connectivity index (χ2n) is 5.58. The molecule has 158 valence electrons. The third-order valence-corrected chi connectivity index (χ3v) is 3.99. The molecule has 2 rings (SSSR count). The van der Waals surface area contributed by atoms with Crippen LogP contribution in [0.1, 0.15) is 20.7 Å². The van der Waals surface area contributed by atoms with Crippen molar-refractivity contribution in [1.82, 2.24) is 16.2 Å². The average Bonchev–Trinajstić information content (AvgIpc) is 2.76. The summed E-state index contributed by atoms with van der Waals surface area (Å²) in [5.74, 6) is -0.294. The van der Waals surface area contributed by atoms with Crippen LogP contribution in [0.3, 0.4) is 0 Å². The zero-order chi connectivity index (χ0) is 22.3. The van der Waals surface area contributed by atoms with Crippen LogP contribution >= 0.6 is 12.2 Å². The molecule has 11 nitrogen and oxygen atoms in total. The molecule has 2 aromatic rings. The fraction of sp³-hybridized carbons (Fsp3) is 0.167. The Morgan fingerprint density at radius 3 is 1.93 bits per heavy atom. The number of rotatable bonds is 6. The highest BCUT2D eigenvalue weighted by Crippen LogP contribution is 2.38. The molecule has 0 saturated carbocycles. The SMILES string of the molecule is COc1cc(C(=O)NC(=S)NNC(=O)c2ccc([N+](=O)[O-])cc2)cc(OC)c1OC. The Bertz CT molecular complexity index is 954. The number of nitro groups is 1. The van der Waals surface area contributed by atoms with Crippen molar-refractivity contribution >= 4 is 34.8 Å². The van der Waals surface area contributed by atoms with E-state index in [1.54, 1.807) is 0 Å². The van der Waals surface area contributed by atoms with Gasteiger partial charge in [0.05, 0.1) is 26.3 Å². The Balaban J connectivity index is 2.00. The minimum absolute atomic E-state index is 0.146. The van der Waals surface area contributed by atoms with Crippen LogP contribution in [0.4, 0.5) is 5.69 Å². The summed E-state index contributed by atoms with van der Waals surface area (Å²) >= 11 is 4.99. The molecule has 0 heterocycles. The number of carbonyl (C=O) groups is 2. The second-order valence-corrected chi connectivity index (χ2v) is 5.99. The van der Waals surface area contributed by atoms with Crippen LogP contribution in [0.2, 0.25) is 0 Å². The van der Waals surface area contributed by atoms with E-state index < -0.39 is 16.7 Å². The Hall–Kier alpha value is -3.93. The molecular weight excluding hydrogens is 416 g/mol. The number of thiocarbonyl (C=S) groups is 1. The van der Waals surface area contributed by atoms with Crippen LogP contribution in [-0.2, 0) is 0 Å². The molecule has 0 unspecified atom stereocenters. The van der Waals surface area contributed by atoms with Crippen LogP contribution in [0.5, 0.6) is 17.2 Å². The van der Waals surface area contributed by atoms with E-state index in [4.69, 9.17) is 26.4 Å². The summed E-state index contributed by atoms with van der Waals surface area (Å²) in [6.07, 6.45) is 0. The zero-order valence-electron chi connectivity index (χ0n) is 16.2. The number of nitrogens with zero attached hydrogens (tertiary/aromatic N) is 1. The van der Waals surface area contributed by atoms with Crippen LogP contribution in [0.25, 0.3) is 0 Å². The first-order valence-electron chi connectivity index (χ1n) is 8.26. The van der Waals surface area contributed by atoms with Crippen molar-refractivity contribution in [2.24, 2.45) is 0 Å². The predicted molar refractivity (Wildman–Crippen MR) is 110 cm³/mol. The van der Waals surface area contributed by atoms with Gasteiger partial charge in [-0.3, -0.25) is 35.9 Å². The summed E-state index contributed by atoms with van der Waals surface area (Å²) in [4.78, 5) is 34.6. The number of hydrogen-bond donors (Lipinski definition) is 3. The molecule has 0 bridgehead atoms. The van der Waals surface area contributed by atoms with Gasteiger partial charge in [-0.15, -0.1) is 0 Å². The first-order valence-corrected chi connectivity index (χ1v) is 8.67. The Morgan fingerprint density at radius 1 is 0.900 bits per heavy atom. The van der Waals surface area contributed by atoms with Gasteiger partial charge in [0, 0.05) is 23.3 Å². The number of hydrogen-bond acceptors (Lipinski definition) is 8. The minimum Gasteiger partial charge on any atom is -0.493 e. The van der Waals surface area contributed by atoms with Crippen LogP contribution in [0, 0.1) is 10.1 Å². The van der Waals surface area contributed by atoms with Gasteiger partial charge in [0.1, 0.15) is 0 Å². The van der Waals surface area contributed by atoms with E-state index >= 15 is 0 Å². The molecule has 0 saturated heterocycles. The van der Waals surface area contributed by atoms with Crippen molar-refractivity contribution < 1.29 is 28.7 Å². The number of non-ortho nitro benzene ring substituents is 1. The molecule has 3 N–H and O–H groups in total. The van der Waals surface area contributed by atoms with Crippen molar-refractivity contribution in [3.63, 3.8) is 0 Å². The van der Waals surface area contributed by atoms with E-state index in [0.717, 1.165) is 0 Å². The molecular formula is C18H18N4O7S. The highest BCUT2D eigenvalue weighted by atomic mass is 32.1. The summed E-state index contributed by atoms with van der Waals surface area (Å²) in [6.45, 7) is 0. The number of carbonyl (C=O) groups excluding carboxylic acids is 2. The largest absolute Gasteiger partial charge is 0.493 e. The van der Waals surface area contributed by atoms with Gasteiger partial charge in [0.2, 0.25) is 5.75 Å². The van der Waals surface area contributed by atoms with E-state index in [2.05, 4.69) is 16.2 Å². The van der Waals surface area contributed by atoms with Gasteiger partial charge in [0.15, 0.2) is 16.6 Å². The Labute approximate surface area is 176 Å². The topological polar surface area (TPSA) is 141 Å². The molecule has 12 heteroatoms.